The zero-order chi connectivity index (χ0) is 14.7. The molecule has 0 saturated carbocycles. The molecule has 20 heavy (non-hydrogen) atoms. The summed E-state index contributed by atoms with van der Waals surface area (Å²) < 4.78 is 10.7. The first-order valence-corrected chi connectivity index (χ1v) is 5.84. The van der Waals surface area contributed by atoms with Crippen LogP contribution >= 0.6 is 0 Å². The van der Waals surface area contributed by atoms with Gasteiger partial charge in [0.2, 0.25) is 5.91 Å². The standard InChI is InChI=1S/C9H14N4O7/c10-6(14)1-11-9(15)12-4-2-18-8-5(20-13(16)17)3-19-7(4)8/h4-5,7-8H,1-3H2,(H2,10,14)(H2,11,12,15)/t4-,5?,7+,8+/m0/s1. The van der Waals surface area contributed by atoms with E-state index in [9.17, 15) is 19.7 Å². The molecule has 0 spiro atoms. The van der Waals surface area contributed by atoms with Crippen molar-refractivity contribution in [2.24, 2.45) is 5.73 Å². The van der Waals surface area contributed by atoms with Gasteiger partial charge in [-0.3, -0.25) is 4.79 Å². The number of nitrogens with one attached hydrogen (secondary N) is 2. The molecule has 0 radical (unpaired) electrons. The molecule has 112 valence electrons. The van der Waals surface area contributed by atoms with Crippen LogP contribution in [0.5, 0.6) is 0 Å². The third-order valence-electron chi connectivity index (χ3n) is 2.97. The van der Waals surface area contributed by atoms with Gasteiger partial charge in [-0.25, -0.2) is 4.79 Å². The Bertz CT molecular complexity index is 417. The van der Waals surface area contributed by atoms with Crippen LogP contribution in [0.1, 0.15) is 0 Å². The molecule has 11 nitrogen and oxygen atoms in total. The predicted octanol–water partition coefficient (Wildman–Crippen LogP) is -2.49. The summed E-state index contributed by atoms with van der Waals surface area (Å²) in [7, 11) is 0. The molecule has 2 heterocycles. The van der Waals surface area contributed by atoms with Crippen LogP contribution in [-0.2, 0) is 19.1 Å². The Morgan fingerprint density at radius 2 is 2.05 bits per heavy atom. The van der Waals surface area contributed by atoms with Crippen LogP contribution in [0.15, 0.2) is 0 Å². The molecule has 1 unspecified atom stereocenters. The lowest BCUT2D eigenvalue weighted by atomic mass is 10.1. The van der Waals surface area contributed by atoms with E-state index in [1.54, 1.807) is 0 Å². The van der Waals surface area contributed by atoms with E-state index in [-0.39, 0.29) is 19.8 Å². The molecule has 2 fully saturated rings. The molecular formula is C9H14N4O7. The highest BCUT2D eigenvalue weighted by Crippen LogP contribution is 2.28. The minimum Gasteiger partial charge on any atom is -0.371 e. The maximum Gasteiger partial charge on any atom is 0.315 e. The van der Waals surface area contributed by atoms with E-state index in [0.29, 0.717) is 0 Å². The Labute approximate surface area is 112 Å². The van der Waals surface area contributed by atoms with E-state index in [1.165, 1.54) is 0 Å². The van der Waals surface area contributed by atoms with Crippen molar-refractivity contribution in [3.8, 4) is 0 Å². The zero-order valence-electron chi connectivity index (χ0n) is 10.3. The summed E-state index contributed by atoms with van der Waals surface area (Å²) in [5.41, 5.74) is 4.89. The second-order valence-electron chi connectivity index (χ2n) is 4.36. The summed E-state index contributed by atoms with van der Waals surface area (Å²) in [6.45, 7) is -0.143. The third kappa shape index (κ3) is 3.24. The molecule has 4 atom stereocenters. The quantitative estimate of drug-likeness (QED) is 0.373. The molecule has 4 N–H and O–H groups in total. The summed E-state index contributed by atoms with van der Waals surface area (Å²) >= 11 is 0. The van der Waals surface area contributed by atoms with E-state index >= 15 is 0 Å². The van der Waals surface area contributed by atoms with Crippen LogP contribution in [0.25, 0.3) is 0 Å². The monoisotopic (exact) mass is 290 g/mol. The van der Waals surface area contributed by atoms with Crippen LogP contribution < -0.4 is 16.4 Å². The van der Waals surface area contributed by atoms with Gasteiger partial charge in [0.15, 0.2) is 6.10 Å². The molecule has 11 heteroatoms. The minimum atomic E-state index is -0.903. The molecule has 2 rings (SSSR count). The molecular weight excluding hydrogens is 276 g/mol. The largest absolute Gasteiger partial charge is 0.371 e. The molecule has 0 bridgehead atoms. The molecule has 2 saturated heterocycles. The number of ether oxygens (including phenoxy) is 2. The number of primary amides is 1. The summed E-state index contributed by atoms with van der Waals surface area (Å²) in [4.78, 5) is 36.7. The SMILES string of the molecule is NC(=O)CNC(=O)N[C@H]1CO[C@@H]2C(O[N+](=O)[O-])CO[C@H]12. The van der Waals surface area contributed by atoms with E-state index < -0.39 is 41.4 Å². The van der Waals surface area contributed by atoms with E-state index in [2.05, 4.69) is 15.5 Å². The number of urea groups is 1. The van der Waals surface area contributed by atoms with E-state index in [1.807, 2.05) is 0 Å². The lowest BCUT2D eigenvalue weighted by molar-refractivity contribution is -0.769. The number of rotatable bonds is 5. The second kappa shape index (κ2) is 5.88. The van der Waals surface area contributed by atoms with Crippen LogP contribution in [-0.4, -0.2) is 61.1 Å². The molecule has 2 aliphatic heterocycles. The second-order valence-corrected chi connectivity index (χ2v) is 4.36. The average molecular weight is 290 g/mol. The number of hydrogen-bond donors (Lipinski definition) is 3. The Hall–Kier alpha value is -2.14. The maximum absolute atomic E-state index is 11.5. The maximum atomic E-state index is 11.5. The number of amides is 3. The summed E-state index contributed by atoms with van der Waals surface area (Å²) in [5, 5.41) is 14.2. The van der Waals surface area contributed by atoms with Gasteiger partial charge >= 0.3 is 6.03 Å². The van der Waals surface area contributed by atoms with Gasteiger partial charge in [0, 0.05) is 0 Å². The summed E-state index contributed by atoms with van der Waals surface area (Å²) in [6, 6.07) is -1.08. The van der Waals surface area contributed by atoms with Crippen molar-refractivity contribution in [3.63, 3.8) is 0 Å². The van der Waals surface area contributed by atoms with E-state index in [4.69, 9.17) is 15.2 Å². The van der Waals surface area contributed by atoms with Gasteiger partial charge in [0.05, 0.1) is 25.8 Å². The first kappa shape index (κ1) is 14.3. The molecule has 0 aromatic heterocycles. The number of nitrogens with two attached hydrogens (primary N) is 1. The van der Waals surface area contributed by atoms with Crippen molar-refractivity contribution < 1.29 is 29.0 Å². The fourth-order valence-electron chi connectivity index (χ4n) is 2.18. The van der Waals surface area contributed by atoms with Gasteiger partial charge in [-0.1, -0.05) is 0 Å². The smallest absolute Gasteiger partial charge is 0.315 e. The van der Waals surface area contributed by atoms with Crippen molar-refractivity contribution >= 4 is 11.9 Å². The zero-order valence-corrected chi connectivity index (χ0v) is 10.3. The number of nitrogens with zero attached hydrogens (tertiary/aromatic N) is 1. The van der Waals surface area contributed by atoms with Gasteiger partial charge in [0.1, 0.15) is 12.2 Å². The Morgan fingerprint density at radius 3 is 2.70 bits per heavy atom. The van der Waals surface area contributed by atoms with E-state index in [0.717, 1.165) is 0 Å². The number of hydrogen-bond acceptors (Lipinski definition) is 7. The van der Waals surface area contributed by atoms with Gasteiger partial charge in [-0.15, -0.1) is 10.1 Å². The highest BCUT2D eigenvalue weighted by molar-refractivity contribution is 5.82. The van der Waals surface area contributed by atoms with Crippen molar-refractivity contribution in [2.75, 3.05) is 19.8 Å². The number of fused-ring (bicyclic) bond motifs is 1. The highest BCUT2D eigenvalue weighted by atomic mass is 17.0. The lowest BCUT2D eigenvalue weighted by Gasteiger charge is -2.17. The van der Waals surface area contributed by atoms with Gasteiger partial charge < -0.3 is 30.7 Å². The topological polar surface area (TPSA) is 155 Å². The normalized spacial score (nSPS) is 31.4. The number of carbonyl (C=O) groups excluding carboxylic acids is 2. The summed E-state index contributed by atoms with van der Waals surface area (Å²) in [5.74, 6) is -0.669. The summed E-state index contributed by atoms with van der Waals surface area (Å²) in [6.07, 6.45) is -1.95. The molecule has 0 aliphatic carbocycles. The molecule has 0 aromatic rings. The first-order valence-electron chi connectivity index (χ1n) is 5.84. The Morgan fingerprint density at radius 1 is 1.35 bits per heavy atom. The average Bonchev–Trinajstić information content (AvgIpc) is 2.91. The van der Waals surface area contributed by atoms with Crippen LogP contribution in [0.4, 0.5) is 4.79 Å². The molecule has 0 aromatic carbocycles. The van der Waals surface area contributed by atoms with Crippen molar-refractivity contribution in [1.29, 1.82) is 0 Å². The van der Waals surface area contributed by atoms with Crippen molar-refractivity contribution in [2.45, 2.75) is 24.4 Å². The molecule has 3 amide bonds. The Kier molecular flexibility index (Phi) is 4.20. The fraction of sp³-hybridized carbons (Fsp3) is 0.778. The van der Waals surface area contributed by atoms with Crippen LogP contribution in [0.2, 0.25) is 0 Å². The van der Waals surface area contributed by atoms with Gasteiger partial charge in [-0.2, -0.15) is 0 Å². The van der Waals surface area contributed by atoms with Crippen molar-refractivity contribution in [1.82, 2.24) is 10.6 Å². The third-order valence-corrected chi connectivity index (χ3v) is 2.97. The molecule has 2 aliphatic rings. The minimum absolute atomic E-state index is 0.0113. The fourth-order valence-corrected chi connectivity index (χ4v) is 2.18. The predicted molar refractivity (Wildman–Crippen MR) is 60.9 cm³/mol. The Balaban J connectivity index is 1.83. The lowest BCUT2D eigenvalue weighted by Crippen LogP contribution is -2.49. The van der Waals surface area contributed by atoms with Gasteiger partial charge in [-0.05, 0) is 0 Å². The number of carbonyl (C=O) groups is 2. The van der Waals surface area contributed by atoms with Gasteiger partial charge in [0.25, 0.3) is 5.09 Å². The highest BCUT2D eigenvalue weighted by Gasteiger charge is 2.49. The van der Waals surface area contributed by atoms with Crippen LogP contribution in [0, 0.1) is 10.1 Å². The van der Waals surface area contributed by atoms with Crippen molar-refractivity contribution in [3.05, 3.63) is 10.1 Å². The van der Waals surface area contributed by atoms with Crippen LogP contribution in [0.3, 0.4) is 0 Å². The first-order chi connectivity index (χ1) is 9.47.